The smallest absolute Gasteiger partial charge is 0.224 e. The Labute approximate surface area is 116 Å². The molecule has 3 atom stereocenters. The van der Waals surface area contributed by atoms with Crippen LogP contribution >= 0.6 is 27.5 Å². The van der Waals surface area contributed by atoms with Crippen LogP contribution < -0.4 is 5.32 Å². The molecule has 0 bridgehead atoms. The second-order valence-electron chi connectivity index (χ2n) is 4.85. The van der Waals surface area contributed by atoms with Crippen molar-refractivity contribution < 1.29 is 0 Å². The van der Waals surface area contributed by atoms with E-state index in [0.717, 1.165) is 16.2 Å². The highest BCUT2D eigenvalue weighted by atomic mass is 79.9. The molecule has 1 N–H and O–H groups in total. The summed E-state index contributed by atoms with van der Waals surface area (Å²) < 4.78 is 0.868. The Balaban J connectivity index is 2.11. The summed E-state index contributed by atoms with van der Waals surface area (Å²) in [5, 5.41) is 3.77. The molecule has 1 saturated carbocycles. The van der Waals surface area contributed by atoms with Crippen molar-refractivity contribution in [2.24, 2.45) is 11.8 Å². The van der Waals surface area contributed by atoms with Crippen molar-refractivity contribution in [2.75, 3.05) is 5.32 Å². The fourth-order valence-electron chi connectivity index (χ4n) is 2.41. The standard InChI is InChI=1S/C12H17BrClN3/c1-7-4-3-5-10(8(7)2)16-11-9(13)6-15-12(14)17-11/h6-8,10H,3-5H2,1-2H3,(H,15,16,17). The van der Waals surface area contributed by atoms with Gasteiger partial charge < -0.3 is 5.32 Å². The van der Waals surface area contributed by atoms with E-state index >= 15 is 0 Å². The van der Waals surface area contributed by atoms with Crippen LogP contribution in [-0.4, -0.2) is 16.0 Å². The molecule has 0 aromatic carbocycles. The van der Waals surface area contributed by atoms with E-state index < -0.39 is 0 Å². The van der Waals surface area contributed by atoms with Gasteiger partial charge in [-0.25, -0.2) is 4.98 Å². The maximum Gasteiger partial charge on any atom is 0.224 e. The average molecular weight is 319 g/mol. The van der Waals surface area contributed by atoms with Crippen LogP contribution in [0.1, 0.15) is 33.1 Å². The van der Waals surface area contributed by atoms with Gasteiger partial charge in [0.2, 0.25) is 5.28 Å². The summed E-state index contributed by atoms with van der Waals surface area (Å²) >= 11 is 9.26. The van der Waals surface area contributed by atoms with E-state index in [1.807, 2.05) is 0 Å². The average Bonchev–Trinajstić information content (AvgIpc) is 2.30. The summed E-state index contributed by atoms with van der Waals surface area (Å²) in [5.41, 5.74) is 0. The van der Waals surface area contributed by atoms with Crippen molar-refractivity contribution in [1.29, 1.82) is 0 Å². The Bertz CT molecular complexity index is 399. The molecule has 3 nitrogen and oxygen atoms in total. The van der Waals surface area contributed by atoms with Crippen LogP contribution in [0.3, 0.4) is 0 Å². The van der Waals surface area contributed by atoms with Gasteiger partial charge in [-0.1, -0.05) is 26.7 Å². The number of hydrogen-bond donors (Lipinski definition) is 1. The zero-order valence-corrected chi connectivity index (χ0v) is 12.4. The Hall–Kier alpha value is -0.350. The lowest BCUT2D eigenvalue weighted by Crippen LogP contribution is -2.35. The molecule has 17 heavy (non-hydrogen) atoms. The van der Waals surface area contributed by atoms with Gasteiger partial charge in [0.25, 0.3) is 0 Å². The summed E-state index contributed by atoms with van der Waals surface area (Å²) in [7, 11) is 0. The molecule has 0 aliphatic heterocycles. The molecule has 0 amide bonds. The quantitative estimate of drug-likeness (QED) is 0.833. The molecule has 0 saturated heterocycles. The monoisotopic (exact) mass is 317 g/mol. The van der Waals surface area contributed by atoms with Crippen molar-refractivity contribution in [3.8, 4) is 0 Å². The van der Waals surface area contributed by atoms with Crippen LogP contribution in [0.4, 0.5) is 5.82 Å². The number of hydrogen-bond acceptors (Lipinski definition) is 3. The lowest BCUT2D eigenvalue weighted by atomic mass is 9.78. The number of halogens is 2. The highest BCUT2D eigenvalue weighted by Crippen LogP contribution is 2.32. The first-order valence-corrected chi connectivity index (χ1v) is 7.19. The van der Waals surface area contributed by atoms with Crippen molar-refractivity contribution in [3.05, 3.63) is 16.0 Å². The summed E-state index contributed by atoms with van der Waals surface area (Å²) in [6.07, 6.45) is 5.48. The number of nitrogens with zero attached hydrogens (tertiary/aromatic N) is 2. The van der Waals surface area contributed by atoms with E-state index in [9.17, 15) is 0 Å². The third-order valence-corrected chi connectivity index (χ3v) is 4.51. The summed E-state index contributed by atoms with van der Waals surface area (Å²) in [4.78, 5) is 8.16. The van der Waals surface area contributed by atoms with Gasteiger partial charge in [-0.05, 0) is 45.8 Å². The van der Waals surface area contributed by atoms with Crippen LogP contribution in [0.2, 0.25) is 5.28 Å². The molecule has 1 aromatic heterocycles. The molecule has 1 aromatic rings. The number of nitrogens with one attached hydrogen (secondary N) is 1. The lowest BCUT2D eigenvalue weighted by molar-refractivity contribution is 0.253. The maximum absolute atomic E-state index is 5.82. The van der Waals surface area contributed by atoms with E-state index in [-0.39, 0.29) is 5.28 Å². The van der Waals surface area contributed by atoms with E-state index in [1.54, 1.807) is 6.20 Å². The van der Waals surface area contributed by atoms with Gasteiger partial charge in [0.1, 0.15) is 5.82 Å². The lowest BCUT2D eigenvalue weighted by Gasteiger charge is -2.35. The van der Waals surface area contributed by atoms with E-state index in [4.69, 9.17) is 11.6 Å². The number of anilines is 1. The molecule has 5 heteroatoms. The van der Waals surface area contributed by atoms with Crippen LogP contribution in [0, 0.1) is 11.8 Å². The fourth-order valence-corrected chi connectivity index (χ4v) is 2.85. The molecule has 0 radical (unpaired) electrons. The number of rotatable bonds is 2. The van der Waals surface area contributed by atoms with E-state index in [1.165, 1.54) is 19.3 Å². The largest absolute Gasteiger partial charge is 0.366 e. The van der Waals surface area contributed by atoms with Crippen LogP contribution in [-0.2, 0) is 0 Å². The minimum Gasteiger partial charge on any atom is -0.366 e. The maximum atomic E-state index is 5.82. The van der Waals surface area contributed by atoms with Gasteiger partial charge in [-0.3, -0.25) is 0 Å². The molecular weight excluding hydrogens is 302 g/mol. The van der Waals surface area contributed by atoms with Crippen LogP contribution in [0.15, 0.2) is 10.7 Å². The Morgan fingerprint density at radius 3 is 2.94 bits per heavy atom. The third-order valence-electron chi connectivity index (χ3n) is 3.74. The predicted octanol–water partition coefficient (Wildman–Crippen LogP) is 4.13. The molecule has 1 aliphatic rings. The summed E-state index contributed by atoms with van der Waals surface area (Å²) in [5.74, 6) is 2.22. The minimum absolute atomic E-state index is 0.284. The van der Waals surface area contributed by atoms with Gasteiger partial charge in [-0.15, -0.1) is 0 Å². The Morgan fingerprint density at radius 2 is 2.18 bits per heavy atom. The third kappa shape index (κ3) is 3.10. The van der Waals surface area contributed by atoms with E-state index in [0.29, 0.717) is 12.0 Å². The molecule has 0 spiro atoms. The van der Waals surface area contributed by atoms with Gasteiger partial charge in [0.05, 0.1) is 4.47 Å². The molecular formula is C12H17BrClN3. The topological polar surface area (TPSA) is 37.8 Å². The first kappa shape index (κ1) is 13.1. The van der Waals surface area contributed by atoms with Gasteiger partial charge in [0, 0.05) is 12.2 Å². The molecule has 3 unspecified atom stereocenters. The SMILES string of the molecule is CC1CCCC(Nc2nc(Cl)ncc2Br)C1C. The minimum atomic E-state index is 0.284. The molecule has 2 rings (SSSR count). The molecule has 1 fully saturated rings. The van der Waals surface area contributed by atoms with Crippen molar-refractivity contribution in [3.63, 3.8) is 0 Å². The zero-order valence-electron chi connectivity index (χ0n) is 10.1. The van der Waals surface area contributed by atoms with Crippen LogP contribution in [0.5, 0.6) is 0 Å². The molecule has 1 aliphatic carbocycles. The second-order valence-corrected chi connectivity index (χ2v) is 6.05. The van der Waals surface area contributed by atoms with Crippen LogP contribution in [0.25, 0.3) is 0 Å². The van der Waals surface area contributed by atoms with Crippen molar-refractivity contribution in [2.45, 2.75) is 39.2 Å². The molecule has 1 heterocycles. The molecule has 94 valence electrons. The first-order valence-electron chi connectivity index (χ1n) is 6.02. The Morgan fingerprint density at radius 1 is 1.41 bits per heavy atom. The summed E-state index contributed by atoms with van der Waals surface area (Å²) in [6.45, 7) is 4.62. The summed E-state index contributed by atoms with van der Waals surface area (Å²) in [6, 6.07) is 0.473. The zero-order chi connectivity index (χ0) is 12.4. The fraction of sp³-hybridized carbons (Fsp3) is 0.667. The Kier molecular flexibility index (Phi) is 4.26. The highest BCUT2D eigenvalue weighted by Gasteiger charge is 2.27. The highest BCUT2D eigenvalue weighted by molar-refractivity contribution is 9.10. The van der Waals surface area contributed by atoms with Gasteiger partial charge >= 0.3 is 0 Å². The first-order chi connectivity index (χ1) is 8.08. The van der Waals surface area contributed by atoms with Gasteiger partial charge in [-0.2, -0.15) is 4.98 Å². The number of aromatic nitrogens is 2. The van der Waals surface area contributed by atoms with E-state index in [2.05, 4.69) is 45.1 Å². The van der Waals surface area contributed by atoms with Gasteiger partial charge in [0.15, 0.2) is 0 Å². The normalized spacial score (nSPS) is 29.1. The van der Waals surface area contributed by atoms with Crippen molar-refractivity contribution >= 4 is 33.3 Å². The second kappa shape index (κ2) is 5.53. The predicted molar refractivity (Wildman–Crippen MR) is 74.3 cm³/mol. The van der Waals surface area contributed by atoms with Crippen molar-refractivity contribution in [1.82, 2.24) is 9.97 Å².